The predicted octanol–water partition coefficient (Wildman–Crippen LogP) is 4.66. The van der Waals surface area contributed by atoms with Gasteiger partial charge in [0.05, 0.1) is 6.54 Å². The summed E-state index contributed by atoms with van der Waals surface area (Å²) in [5.41, 5.74) is 2.43. The second kappa shape index (κ2) is 7.00. The maximum absolute atomic E-state index is 12.9. The third-order valence-electron chi connectivity index (χ3n) is 3.44. The fraction of sp³-hybridized carbons (Fsp3) is 0.105. The monoisotopic (exact) mass is 324 g/mol. The Balaban J connectivity index is 1.69. The first-order valence-electron chi connectivity index (χ1n) is 7.56. The molecule has 24 heavy (non-hydrogen) atoms. The highest BCUT2D eigenvalue weighted by molar-refractivity contribution is 5.89. The normalized spacial score (nSPS) is 10.4. The van der Waals surface area contributed by atoms with Crippen LogP contribution in [0.3, 0.4) is 0 Å². The van der Waals surface area contributed by atoms with E-state index in [0.717, 1.165) is 28.5 Å². The van der Waals surface area contributed by atoms with E-state index >= 15 is 0 Å². The minimum absolute atomic E-state index is 0.115. The summed E-state index contributed by atoms with van der Waals surface area (Å²) in [5.74, 6) is 1.10. The Morgan fingerprint density at radius 3 is 2.58 bits per heavy atom. The van der Waals surface area contributed by atoms with E-state index in [2.05, 4.69) is 10.6 Å². The molecule has 1 aromatic heterocycles. The molecule has 0 bridgehead atoms. The van der Waals surface area contributed by atoms with Crippen molar-refractivity contribution < 1.29 is 13.6 Å². The van der Waals surface area contributed by atoms with Crippen LogP contribution in [0.15, 0.2) is 65.1 Å². The first-order chi connectivity index (χ1) is 11.6. The lowest BCUT2D eigenvalue weighted by atomic mass is 10.1. The molecule has 2 aromatic carbocycles. The van der Waals surface area contributed by atoms with E-state index in [1.807, 2.05) is 36.4 Å². The number of halogens is 1. The van der Waals surface area contributed by atoms with E-state index in [1.165, 1.54) is 19.1 Å². The van der Waals surface area contributed by atoms with Gasteiger partial charge in [-0.05, 0) is 48.5 Å². The molecule has 0 spiro atoms. The van der Waals surface area contributed by atoms with Gasteiger partial charge in [-0.2, -0.15) is 0 Å². The number of nitrogens with one attached hydrogen (secondary N) is 2. The molecule has 0 atom stereocenters. The maximum Gasteiger partial charge on any atom is 0.221 e. The van der Waals surface area contributed by atoms with Crippen molar-refractivity contribution in [3.63, 3.8) is 0 Å². The summed E-state index contributed by atoms with van der Waals surface area (Å²) in [4.78, 5) is 11.1. The summed E-state index contributed by atoms with van der Waals surface area (Å²) in [5, 5.41) is 5.92. The standard InChI is InChI=1S/C19H17FN2O2/c1-13(23)22-17-4-2-3-14(11-17)19-10-9-18(24-19)12-21-16-7-5-15(20)6-8-16/h2-11,21H,12H2,1H3,(H,22,23). The molecule has 0 aliphatic carbocycles. The van der Waals surface area contributed by atoms with Crippen molar-refractivity contribution in [3.8, 4) is 11.3 Å². The number of hydrogen-bond acceptors (Lipinski definition) is 3. The summed E-state index contributed by atoms with van der Waals surface area (Å²) in [6.07, 6.45) is 0. The smallest absolute Gasteiger partial charge is 0.221 e. The van der Waals surface area contributed by atoms with Crippen LogP contribution in [-0.2, 0) is 11.3 Å². The first kappa shape index (κ1) is 15.8. The van der Waals surface area contributed by atoms with E-state index in [0.29, 0.717) is 6.54 Å². The Kier molecular flexibility index (Phi) is 4.61. The van der Waals surface area contributed by atoms with Gasteiger partial charge >= 0.3 is 0 Å². The van der Waals surface area contributed by atoms with E-state index in [9.17, 15) is 9.18 Å². The second-order valence-electron chi connectivity index (χ2n) is 5.39. The Morgan fingerprint density at radius 1 is 1.04 bits per heavy atom. The van der Waals surface area contributed by atoms with Crippen molar-refractivity contribution in [1.29, 1.82) is 0 Å². The fourth-order valence-electron chi connectivity index (χ4n) is 2.34. The van der Waals surface area contributed by atoms with E-state index in [4.69, 9.17) is 4.42 Å². The molecular formula is C19H17FN2O2. The molecule has 4 nitrogen and oxygen atoms in total. The van der Waals surface area contributed by atoms with E-state index < -0.39 is 0 Å². The lowest BCUT2D eigenvalue weighted by molar-refractivity contribution is -0.114. The van der Waals surface area contributed by atoms with E-state index in [1.54, 1.807) is 12.1 Å². The first-order valence-corrected chi connectivity index (χ1v) is 7.56. The Morgan fingerprint density at radius 2 is 1.83 bits per heavy atom. The summed E-state index contributed by atoms with van der Waals surface area (Å²) < 4.78 is 18.7. The summed E-state index contributed by atoms with van der Waals surface area (Å²) in [6.45, 7) is 1.97. The number of anilines is 2. The zero-order chi connectivity index (χ0) is 16.9. The van der Waals surface area contributed by atoms with Crippen LogP contribution in [0.1, 0.15) is 12.7 Å². The lowest BCUT2D eigenvalue weighted by Gasteiger charge is -2.05. The number of hydrogen-bond donors (Lipinski definition) is 2. The zero-order valence-corrected chi connectivity index (χ0v) is 13.2. The largest absolute Gasteiger partial charge is 0.459 e. The molecule has 3 rings (SSSR count). The van der Waals surface area contributed by atoms with Crippen LogP contribution in [0.5, 0.6) is 0 Å². The highest BCUT2D eigenvalue weighted by Crippen LogP contribution is 2.25. The molecule has 1 amide bonds. The average Bonchev–Trinajstić information content (AvgIpc) is 3.03. The zero-order valence-electron chi connectivity index (χ0n) is 13.2. The molecule has 2 N–H and O–H groups in total. The van der Waals surface area contributed by atoms with Gasteiger partial charge in [0.1, 0.15) is 17.3 Å². The van der Waals surface area contributed by atoms with Gasteiger partial charge in [0.2, 0.25) is 5.91 Å². The molecule has 0 aliphatic heterocycles. The van der Waals surface area contributed by atoms with Crippen molar-refractivity contribution in [2.45, 2.75) is 13.5 Å². The predicted molar refractivity (Wildman–Crippen MR) is 92.2 cm³/mol. The summed E-state index contributed by atoms with van der Waals surface area (Å²) in [6, 6.07) is 17.4. The van der Waals surface area contributed by atoms with Crippen LogP contribution in [-0.4, -0.2) is 5.91 Å². The van der Waals surface area contributed by atoms with Crippen LogP contribution in [0, 0.1) is 5.82 Å². The van der Waals surface area contributed by atoms with Crippen molar-refractivity contribution in [2.24, 2.45) is 0 Å². The molecule has 5 heteroatoms. The Bertz CT molecular complexity index is 841. The van der Waals surface area contributed by atoms with Crippen molar-refractivity contribution in [1.82, 2.24) is 0 Å². The van der Waals surface area contributed by atoms with Gasteiger partial charge < -0.3 is 15.1 Å². The number of carbonyl (C=O) groups excluding carboxylic acids is 1. The van der Waals surface area contributed by atoms with Gasteiger partial charge in [-0.1, -0.05) is 12.1 Å². The molecule has 0 unspecified atom stereocenters. The van der Waals surface area contributed by atoms with Gasteiger partial charge in [0.25, 0.3) is 0 Å². The summed E-state index contributed by atoms with van der Waals surface area (Å²) in [7, 11) is 0. The molecule has 0 fully saturated rings. The molecule has 0 saturated carbocycles. The fourth-order valence-corrected chi connectivity index (χ4v) is 2.34. The number of rotatable bonds is 5. The molecule has 3 aromatic rings. The third kappa shape index (κ3) is 4.01. The summed E-state index contributed by atoms with van der Waals surface area (Å²) >= 11 is 0. The Labute approximate surface area is 139 Å². The van der Waals surface area contributed by atoms with Gasteiger partial charge in [0.15, 0.2) is 0 Å². The van der Waals surface area contributed by atoms with Gasteiger partial charge in [-0.25, -0.2) is 4.39 Å². The van der Waals surface area contributed by atoms with Crippen LogP contribution >= 0.6 is 0 Å². The van der Waals surface area contributed by atoms with Crippen LogP contribution in [0.2, 0.25) is 0 Å². The molecule has 122 valence electrons. The lowest BCUT2D eigenvalue weighted by Crippen LogP contribution is -2.05. The van der Waals surface area contributed by atoms with Crippen molar-refractivity contribution >= 4 is 17.3 Å². The van der Waals surface area contributed by atoms with E-state index in [-0.39, 0.29) is 11.7 Å². The van der Waals surface area contributed by atoms with Gasteiger partial charge in [0, 0.05) is 23.9 Å². The van der Waals surface area contributed by atoms with Crippen molar-refractivity contribution in [3.05, 3.63) is 72.2 Å². The quantitative estimate of drug-likeness (QED) is 0.718. The Hall–Kier alpha value is -3.08. The topological polar surface area (TPSA) is 54.3 Å². The minimum Gasteiger partial charge on any atom is -0.459 e. The number of benzene rings is 2. The number of carbonyl (C=O) groups is 1. The van der Waals surface area contributed by atoms with Crippen LogP contribution in [0.4, 0.5) is 15.8 Å². The van der Waals surface area contributed by atoms with Gasteiger partial charge in [-0.15, -0.1) is 0 Å². The molecule has 1 heterocycles. The SMILES string of the molecule is CC(=O)Nc1cccc(-c2ccc(CNc3ccc(F)cc3)o2)c1. The van der Waals surface area contributed by atoms with Crippen LogP contribution in [0.25, 0.3) is 11.3 Å². The highest BCUT2D eigenvalue weighted by Gasteiger charge is 2.06. The minimum atomic E-state index is -0.264. The van der Waals surface area contributed by atoms with Crippen molar-refractivity contribution in [2.75, 3.05) is 10.6 Å². The third-order valence-corrected chi connectivity index (χ3v) is 3.44. The number of furan rings is 1. The second-order valence-corrected chi connectivity index (χ2v) is 5.39. The molecule has 0 aliphatic rings. The maximum atomic E-state index is 12.9. The highest BCUT2D eigenvalue weighted by atomic mass is 19.1. The molecule has 0 radical (unpaired) electrons. The number of amides is 1. The van der Waals surface area contributed by atoms with Gasteiger partial charge in [-0.3, -0.25) is 4.79 Å². The molecular weight excluding hydrogens is 307 g/mol. The average molecular weight is 324 g/mol. The van der Waals surface area contributed by atoms with Crippen LogP contribution < -0.4 is 10.6 Å². The molecule has 0 saturated heterocycles.